The van der Waals surface area contributed by atoms with E-state index in [-0.39, 0.29) is 17.9 Å². The van der Waals surface area contributed by atoms with Gasteiger partial charge in [0, 0.05) is 19.5 Å². The molecule has 2 rings (SSSR count). The summed E-state index contributed by atoms with van der Waals surface area (Å²) < 4.78 is 0. The van der Waals surface area contributed by atoms with Gasteiger partial charge in [0.25, 0.3) is 0 Å². The summed E-state index contributed by atoms with van der Waals surface area (Å²) in [5, 5.41) is 6.02. The summed E-state index contributed by atoms with van der Waals surface area (Å²) in [6.45, 7) is 4.96. The molecule has 0 spiro atoms. The van der Waals surface area contributed by atoms with E-state index in [0.717, 1.165) is 19.5 Å². The van der Waals surface area contributed by atoms with E-state index in [0.29, 0.717) is 25.4 Å². The third-order valence-electron chi connectivity index (χ3n) is 3.44. The van der Waals surface area contributed by atoms with Crippen molar-refractivity contribution in [2.75, 3.05) is 26.2 Å². The maximum atomic E-state index is 12.0. The van der Waals surface area contributed by atoms with Crippen LogP contribution in [0.5, 0.6) is 0 Å². The summed E-state index contributed by atoms with van der Waals surface area (Å²) in [6, 6.07) is -0.310. The van der Waals surface area contributed by atoms with Gasteiger partial charge in [0.15, 0.2) is 0 Å². The minimum Gasteiger partial charge on any atom is -0.353 e. The lowest BCUT2D eigenvalue weighted by Crippen LogP contribution is -2.56. The maximum absolute atomic E-state index is 12.0. The number of hydrogen-bond acceptors (Lipinski definition) is 3. The van der Waals surface area contributed by atoms with Crippen LogP contribution >= 0.6 is 0 Å². The van der Waals surface area contributed by atoms with Gasteiger partial charge in [-0.25, -0.2) is 0 Å². The molecule has 0 bridgehead atoms. The van der Waals surface area contributed by atoms with Gasteiger partial charge < -0.3 is 15.5 Å². The van der Waals surface area contributed by atoms with Crippen molar-refractivity contribution in [2.24, 2.45) is 5.92 Å². The van der Waals surface area contributed by atoms with Crippen molar-refractivity contribution in [1.82, 2.24) is 15.5 Å². The zero-order valence-corrected chi connectivity index (χ0v) is 9.66. The van der Waals surface area contributed by atoms with Crippen LogP contribution in [-0.2, 0) is 9.59 Å². The highest BCUT2D eigenvalue weighted by Gasteiger charge is 2.30. The minimum atomic E-state index is -0.310. The molecule has 0 saturated carbocycles. The second-order valence-corrected chi connectivity index (χ2v) is 4.62. The second-order valence-electron chi connectivity index (χ2n) is 4.62. The van der Waals surface area contributed by atoms with E-state index in [2.05, 4.69) is 10.6 Å². The first-order chi connectivity index (χ1) is 7.68. The van der Waals surface area contributed by atoms with Crippen LogP contribution in [0, 0.1) is 5.92 Å². The van der Waals surface area contributed by atoms with Crippen molar-refractivity contribution in [3.05, 3.63) is 0 Å². The van der Waals surface area contributed by atoms with E-state index in [1.54, 1.807) is 11.8 Å². The van der Waals surface area contributed by atoms with Crippen molar-refractivity contribution >= 4 is 11.8 Å². The van der Waals surface area contributed by atoms with Crippen molar-refractivity contribution in [1.29, 1.82) is 0 Å². The first-order valence-electron chi connectivity index (χ1n) is 5.96. The first-order valence-corrected chi connectivity index (χ1v) is 5.96. The third kappa shape index (κ3) is 2.35. The molecule has 0 aromatic heterocycles. The highest BCUT2D eigenvalue weighted by molar-refractivity contribution is 5.88. The van der Waals surface area contributed by atoms with E-state index in [1.807, 2.05) is 0 Å². The van der Waals surface area contributed by atoms with Crippen molar-refractivity contribution in [3.8, 4) is 0 Å². The summed E-state index contributed by atoms with van der Waals surface area (Å²) in [5.41, 5.74) is 0. The Bertz CT molecular complexity index is 287. The Hall–Kier alpha value is -1.10. The molecule has 90 valence electrons. The minimum absolute atomic E-state index is 0.0378. The normalized spacial score (nSPS) is 30.3. The Kier molecular flexibility index (Phi) is 3.43. The standard InChI is InChI=1S/C11H19N3O2/c1-8-11(16)13-4-5-14(8)10(15)6-9-2-3-12-7-9/h8-9,12H,2-7H2,1H3,(H,13,16). The van der Waals surface area contributed by atoms with Crippen LogP contribution in [0.3, 0.4) is 0 Å². The summed E-state index contributed by atoms with van der Waals surface area (Å²) in [5.74, 6) is 0.532. The fourth-order valence-electron chi connectivity index (χ4n) is 2.38. The topological polar surface area (TPSA) is 61.4 Å². The lowest BCUT2D eigenvalue weighted by molar-refractivity contribution is -0.143. The molecule has 2 atom stereocenters. The van der Waals surface area contributed by atoms with Gasteiger partial charge in [-0.05, 0) is 32.4 Å². The third-order valence-corrected chi connectivity index (χ3v) is 3.44. The Morgan fingerprint density at radius 1 is 1.50 bits per heavy atom. The van der Waals surface area contributed by atoms with E-state index in [4.69, 9.17) is 0 Å². The van der Waals surface area contributed by atoms with Gasteiger partial charge in [0.2, 0.25) is 11.8 Å². The molecule has 2 heterocycles. The molecule has 16 heavy (non-hydrogen) atoms. The van der Waals surface area contributed by atoms with Gasteiger partial charge in [-0.3, -0.25) is 9.59 Å². The van der Waals surface area contributed by atoms with Gasteiger partial charge in [-0.15, -0.1) is 0 Å². The van der Waals surface area contributed by atoms with E-state index in [1.165, 1.54) is 0 Å². The zero-order chi connectivity index (χ0) is 11.5. The number of carbonyl (C=O) groups is 2. The molecule has 0 radical (unpaired) electrons. The Balaban J connectivity index is 1.89. The highest BCUT2D eigenvalue weighted by Crippen LogP contribution is 2.15. The van der Waals surface area contributed by atoms with Crippen LogP contribution in [0.1, 0.15) is 19.8 Å². The molecule has 2 aliphatic heterocycles. The molecule has 0 aliphatic carbocycles. The van der Waals surface area contributed by atoms with Crippen molar-refractivity contribution in [3.63, 3.8) is 0 Å². The second kappa shape index (κ2) is 4.82. The predicted octanol–water partition coefficient (Wildman–Crippen LogP) is -0.667. The van der Waals surface area contributed by atoms with Crippen LogP contribution in [0.2, 0.25) is 0 Å². The predicted molar refractivity (Wildman–Crippen MR) is 59.8 cm³/mol. The molecular weight excluding hydrogens is 206 g/mol. The lowest BCUT2D eigenvalue weighted by Gasteiger charge is -2.33. The number of carbonyl (C=O) groups excluding carboxylic acids is 2. The molecule has 2 fully saturated rings. The maximum Gasteiger partial charge on any atom is 0.242 e. The molecule has 2 aliphatic rings. The molecule has 2 N–H and O–H groups in total. The summed E-state index contributed by atoms with van der Waals surface area (Å²) in [4.78, 5) is 25.2. The SMILES string of the molecule is CC1C(=O)NCCN1C(=O)CC1CCNC1. The Morgan fingerprint density at radius 2 is 2.31 bits per heavy atom. The number of nitrogens with zero attached hydrogens (tertiary/aromatic N) is 1. The van der Waals surface area contributed by atoms with Gasteiger partial charge in [0.05, 0.1) is 0 Å². The van der Waals surface area contributed by atoms with Gasteiger partial charge in [-0.2, -0.15) is 0 Å². The molecular formula is C11H19N3O2. The van der Waals surface area contributed by atoms with E-state index < -0.39 is 0 Å². The fraction of sp³-hybridized carbons (Fsp3) is 0.818. The van der Waals surface area contributed by atoms with Crippen LogP contribution in [0.25, 0.3) is 0 Å². The molecule has 0 aromatic rings. The molecule has 5 heteroatoms. The van der Waals surface area contributed by atoms with E-state index in [9.17, 15) is 9.59 Å². The number of amides is 2. The quantitative estimate of drug-likeness (QED) is 0.655. The number of piperazine rings is 1. The molecule has 0 aromatic carbocycles. The lowest BCUT2D eigenvalue weighted by atomic mass is 10.0. The van der Waals surface area contributed by atoms with Crippen LogP contribution in [0.4, 0.5) is 0 Å². The summed E-state index contributed by atoms with van der Waals surface area (Å²) >= 11 is 0. The van der Waals surface area contributed by atoms with Gasteiger partial charge >= 0.3 is 0 Å². The number of nitrogens with one attached hydrogen (secondary N) is 2. The first kappa shape index (κ1) is 11.4. The molecule has 5 nitrogen and oxygen atoms in total. The van der Waals surface area contributed by atoms with Crippen LogP contribution in [-0.4, -0.2) is 48.9 Å². The average molecular weight is 225 g/mol. The summed E-state index contributed by atoms with van der Waals surface area (Å²) in [6.07, 6.45) is 1.64. The molecule has 2 unspecified atom stereocenters. The van der Waals surface area contributed by atoms with Gasteiger partial charge in [0.1, 0.15) is 6.04 Å². The highest BCUT2D eigenvalue weighted by atomic mass is 16.2. The Morgan fingerprint density at radius 3 is 3.00 bits per heavy atom. The van der Waals surface area contributed by atoms with Crippen LogP contribution < -0.4 is 10.6 Å². The van der Waals surface area contributed by atoms with E-state index >= 15 is 0 Å². The molecule has 2 saturated heterocycles. The average Bonchev–Trinajstić information content (AvgIpc) is 2.74. The zero-order valence-electron chi connectivity index (χ0n) is 9.66. The summed E-state index contributed by atoms with van der Waals surface area (Å²) in [7, 11) is 0. The van der Waals surface area contributed by atoms with Crippen molar-refractivity contribution in [2.45, 2.75) is 25.8 Å². The molecule has 2 amide bonds. The number of hydrogen-bond donors (Lipinski definition) is 2. The van der Waals surface area contributed by atoms with Crippen LogP contribution in [0.15, 0.2) is 0 Å². The smallest absolute Gasteiger partial charge is 0.242 e. The Labute approximate surface area is 95.6 Å². The largest absolute Gasteiger partial charge is 0.353 e. The monoisotopic (exact) mass is 225 g/mol. The van der Waals surface area contributed by atoms with Gasteiger partial charge in [-0.1, -0.05) is 0 Å². The van der Waals surface area contributed by atoms with Crippen molar-refractivity contribution < 1.29 is 9.59 Å². The fourth-order valence-corrected chi connectivity index (χ4v) is 2.38. The number of rotatable bonds is 2.